The molecule has 3 N–H and O–H groups in total. The number of primary amides is 1. The van der Waals surface area contributed by atoms with E-state index >= 15 is 0 Å². The Bertz CT molecular complexity index is 552. The highest BCUT2D eigenvalue weighted by Crippen LogP contribution is 2.51. The molecule has 0 heterocycles. The molecule has 29 heavy (non-hydrogen) atoms. The number of carbonyl (C=O) groups excluding carboxylic acids is 1. The molecule has 0 fully saturated rings. The summed E-state index contributed by atoms with van der Waals surface area (Å²) in [5.74, 6) is -0.590. The summed E-state index contributed by atoms with van der Waals surface area (Å²) in [6.07, 6.45) is 2.00. The van der Waals surface area contributed by atoms with Gasteiger partial charge in [-0.05, 0) is 57.3 Å². The second kappa shape index (κ2) is 12.8. The normalized spacial score (nSPS) is 15.7. The molecule has 6 heteroatoms. The van der Waals surface area contributed by atoms with Crippen molar-refractivity contribution in [3.05, 3.63) is 0 Å². The minimum absolute atomic E-state index is 0.0617. The summed E-state index contributed by atoms with van der Waals surface area (Å²) in [5.41, 5.74) is 2.88. The third-order valence-corrected chi connectivity index (χ3v) is 6.23. The lowest BCUT2D eigenvalue weighted by molar-refractivity contribution is -0.154. The summed E-state index contributed by atoms with van der Waals surface area (Å²) in [7, 11) is 0. The Morgan fingerprint density at radius 3 is 1.97 bits per heavy atom. The van der Waals surface area contributed by atoms with E-state index in [1.54, 1.807) is 13.8 Å². The van der Waals surface area contributed by atoms with Crippen LogP contribution in [0.5, 0.6) is 0 Å². The second-order valence-electron chi connectivity index (χ2n) is 9.73. The van der Waals surface area contributed by atoms with Crippen molar-refractivity contribution in [2.24, 2.45) is 33.8 Å². The summed E-state index contributed by atoms with van der Waals surface area (Å²) in [5, 5.41) is 19.1. The number of nitrogens with zero attached hydrogens (tertiary/aromatic N) is 1. The zero-order valence-electron chi connectivity index (χ0n) is 20.1. The maximum atomic E-state index is 11.7. The molecule has 0 spiro atoms. The molecule has 6 nitrogen and oxygen atoms in total. The molecule has 0 aromatic rings. The van der Waals surface area contributed by atoms with Gasteiger partial charge in [0.1, 0.15) is 0 Å². The van der Waals surface area contributed by atoms with Gasteiger partial charge in [0.05, 0.1) is 16.9 Å². The van der Waals surface area contributed by atoms with Crippen molar-refractivity contribution in [3.63, 3.8) is 0 Å². The highest BCUT2D eigenvalue weighted by Gasteiger charge is 2.49. The number of ether oxygens (including phenoxy) is 1. The Hall–Kier alpha value is -1.61. The number of aliphatic carboxylic acids is 1. The quantitative estimate of drug-likeness (QED) is 0.437. The number of amides is 1. The van der Waals surface area contributed by atoms with Crippen molar-refractivity contribution in [1.29, 1.82) is 5.26 Å². The van der Waals surface area contributed by atoms with E-state index in [0.29, 0.717) is 12.8 Å². The second-order valence-corrected chi connectivity index (χ2v) is 9.73. The fourth-order valence-electron chi connectivity index (χ4n) is 3.02. The van der Waals surface area contributed by atoms with Gasteiger partial charge in [-0.1, -0.05) is 41.5 Å². The molecular formula is C23H44N2O4. The Balaban J connectivity index is 0. The van der Waals surface area contributed by atoms with E-state index in [1.165, 1.54) is 6.42 Å². The van der Waals surface area contributed by atoms with Gasteiger partial charge in [-0.2, -0.15) is 5.26 Å². The smallest absolute Gasteiger partial charge is 0.309 e. The number of carboxylic acids is 1. The summed E-state index contributed by atoms with van der Waals surface area (Å²) in [6.45, 7) is 19.2. The summed E-state index contributed by atoms with van der Waals surface area (Å²) in [4.78, 5) is 22.7. The van der Waals surface area contributed by atoms with Gasteiger partial charge >= 0.3 is 5.97 Å². The van der Waals surface area contributed by atoms with Gasteiger partial charge in [0.15, 0.2) is 0 Å². The van der Waals surface area contributed by atoms with Crippen molar-refractivity contribution in [2.45, 2.75) is 88.0 Å². The maximum absolute atomic E-state index is 11.7. The van der Waals surface area contributed by atoms with E-state index in [2.05, 4.69) is 19.9 Å². The molecule has 1 amide bonds. The molecule has 170 valence electrons. The molecule has 2 unspecified atom stereocenters. The van der Waals surface area contributed by atoms with E-state index in [1.807, 2.05) is 34.6 Å². The molecule has 0 bridgehead atoms. The molecule has 0 radical (unpaired) electrons. The van der Waals surface area contributed by atoms with Crippen LogP contribution in [0.2, 0.25) is 0 Å². The van der Waals surface area contributed by atoms with Crippen molar-refractivity contribution in [3.8, 4) is 6.07 Å². The number of hydrogen-bond acceptors (Lipinski definition) is 4. The lowest BCUT2D eigenvalue weighted by Crippen LogP contribution is -2.44. The predicted molar refractivity (Wildman–Crippen MR) is 117 cm³/mol. The van der Waals surface area contributed by atoms with Crippen LogP contribution in [-0.2, 0) is 14.3 Å². The molecule has 0 saturated heterocycles. The number of carboxylic acid groups (broad SMARTS) is 1. The minimum atomic E-state index is -0.922. The van der Waals surface area contributed by atoms with Crippen molar-refractivity contribution >= 4 is 11.9 Å². The average Bonchev–Trinajstić information content (AvgIpc) is 2.59. The highest BCUT2D eigenvalue weighted by molar-refractivity contribution is 5.75. The van der Waals surface area contributed by atoms with Crippen LogP contribution < -0.4 is 5.73 Å². The topological polar surface area (TPSA) is 113 Å². The third-order valence-electron chi connectivity index (χ3n) is 6.23. The molecule has 0 saturated carbocycles. The molecule has 0 aromatic heterocycles. The molecule has 0 aliphatic rings. The molecule has 0 rings (SSSR count). The van der Waals surface area contributed by atoms with Crippen LogP contribution in [0, 0.1) is 39.4 Å². The first-order chi connectivity index (χ1) is 13.1. The zero-order valence-corrected chi connectivity index (χ0v) is 20.1. The van der Waals surface area contributed by atoms with Crippen LogP contribution >= 0.6 is 0 Å². The van der Waals surface area contributed by atoms with E-state index in [9.17, 15) is 20.0 Å². The zero-order chi connectivity index (χ0) is 23.5. The predicted octanol–water partition coefficient (Wildman–Crippen LogP) is 5.01. The van der Waals surface area contributed by atoms with Gasteiger partial charge in [0.25, 0.3) is 0 Å². The molecule has 2 atom stereocenters. The van der Waals surface area contributed by atoms with Crippen molar-refractivity contribution in [2.75, 3.05) is 13.2 Å². The molecular weight excluding hydrogens is 368 g/mol. The lowest BCUT2D eigenvalue weighted by Gasteiger charge is -2.45. The molecule has 0 aromatic carbocycles. The fraction of sp³-hybridized carbons (Fsp3) is 0.870. The number of rotatable bonds is 12. The SMILES string of the molecule is CC(C)C(C)(CC(C)(C)C(C)(C#N)CCC(N)=O)C(=O)O.CCOCCC(C)C. The maximum Gasteiger partial charge on any atom is 0.309 e. The van der Waals surface area contributed by atoms with Gasteiger partial charge in [0, 0.05) is 19.6 Å². The molecule has 0 aliphatic carbocycles. The van der Waals surface area contributed by atoms with Crippen LogP contribution in [0.15, 0.2) is 0 Å². The largest absolute Gasteiger partial charge is 0.481 e. The van der Waals surface area contributed by atoms with Gasteiger partial charge in [-0.3, -0.25) is 9.59 Å². The van der Waals surface area contributed by atoms with Gasteiger partial charge < -0.3 is 15.6 Å². The number of hydrogen-bond donors (Lipinski definition) is 2. The summed E-state index contributed by atoms with van der Waals surface area (Å²) >= 11 is 0. The van der Waals surface area contributed by atoms with E-state index in [0.717, 1.165) is 19.1 Å². The number of nitrogens with two attached hydrogens (primary N) is 1. The number of nitriles is 1. The standard InChI is InChI=1S/C16H28N2O3.C7H16O/c1-11(2)16(6,13(20)21)9-14(3,4)15(5,10-17)8-7-12(18)19;1-4-8-6-5-7(2)3/h11H,7-9H2,1-6H3,(H2,18,19)(H,20,21);7H,4-6H2,1-3H3. The van der Waals surface area contributed by atoms with Crippen LogP contribution in [0.3, 0.4) is 0 Å². The van der Waals surface area contributed by atoms with E-state index in [-0.39, 0.29) is 12.3 Å². The first-order valence-corrected chi connectivity index (χ1v) is 10.6. The summed E-state index contributed by atoms with van der Waals surface area (Å²) < 4.78 is 5.14. The fourth-order valence-corrected chi connectivity index (χ4v) is 3.02. The van der Waals surface area contributed by atoms with Crippen molar-refractivity contribution in [1.82, 2.24) is 0 Å². The van der Waals surface area contributed by atoms with Crippen LogP contribution in [-0.4, -0.2) is 30.2 Å². The lowest BCUT2D eigenvalue weighted by atomic mass is 9.57. The first kappa shape index (κ1) is 29.6. The van der Waals surface area contributed by atoms with Gasteiger partial charge in [-0.15, -0.1) is 0 Å². The highest BCUT2D eigenvalue weighted by atomic mass is 16.5. The summed E-state index contributed by atoms with van der Waals surface area (Å²) in [6, 6.07) is 2.27. The Morgan fingerprint density at radius 2 is 1.66 bits per heavy atom. The Labute approximate surface area is 178 Å². The van der Waals surface area contributed by atoms with Gasteiger partial charge in [0.2, 0.25) is 5.91 Å². The average molecular weight is 413 g/mol. The van der Waals surface area contributed by atoms with Gasteiger partial charge in [-0.25, -0.2) is 0 Å². The van der Waals surface area contributed by atoms with Crippen LogP contribution in [0.25, 0.3) is 0 Å². The number of carbonyl (C=O) groups is 2. The Kier molecular flexibility index (Phi) is 13.1. The minimum Gasteiger partial charge on any atom is -0.481 e. The van der Waals surface area contributed by atoms with Crippen LogP contribution in [0.4, 0.5) is 0 Å². The monoisotopic (exact) mass is 412 g/mol. The molecule has 0 aliphatic heterocycles. The van der Waals surface area contributed by atoms with E-state index < -0.39 is 28.1 Å². The van der Waals surface area contributed by atoms with E-state index in [4.69, 9.17) is 10.5 Å². The van der Waals surface area contributed by atoms with Crippen LogP contribution in [0.1, 0.15) is 88.0 Å². The third kappa shape index (κ3) is 10.1. The first-order valence-electron chi connectivity index (χ1n) is 10.6. The Morgan fingerprint density at radius 1 is 1.14 bits per heavy atom. The van der Waals surface area contributed by atoms with Crippen molar-refractivity contribution < 1.29 is 19.4 Å².